The molecular weight excluding hydrogens is 360 g/mol. The summed E-state index contributed by atoms with van der Waals surface area (Å²) in [5.74, 6) is 1.07. The van der Waals surface area contributed by atoms with E-state index in [1.165, 1.54) is 10.6 Å². The van der Waals surface area contributed by atoms with Crippen LogP contribution in [0.2, 0.25) is 0 Å². The zero-order chi connectivity index (χ0) is 19.1. The Labute approximate surface area is 164 Å². The van der Waals surface area contributed by atoms with Crippen molar-refractivity contribution < 1.29 is 14.4 Å². The van der Waals surface area contributed by atoms with Gasteiger partial charge in [-0.15, -0.1) is 11.8 Å². The summed E-state index contributed by atoms with van der Waals surface area (Å²) in [4.78, 5) is 16.1. The predicted molar refractivity (Wildman–Crippen MR) is 108 cm³/mol. The summed E-state index contributed by atoms with van der Waals surface area (Å²) in [5, 5.41) is 12.9. The van der Waals surface area contributed by atoms with Gasteiger partial charge in [0.1, 0.15) is 5.69 Å². The molecule has 1 aromatic heterocycles. The van der Waals surface area contributed by atoms with Gasteiger partial charge in [-0.2, -0.15) is 0 Å². The predicted octanol–water partition coefficient (Wildman–Crippen LogP) is 4.70. The van der Waals surface area contributed by atoms with Gasteiger partial charge in [0.05, 0.1) is 12.4 Å². The Balaban J connectivity index is 1.54. The monoisotopic (exact) mass is 386 g/mol. The molecule has 1 aliphatic rings. The van der Waals surface area contributed by atoms with E-state index in [1.807, 2.05) is 42.1 Å². The van der Waals surface area contributed by atoms with E-state index in [1.54, 1.807) is 6.07 Å². The molecule has 0 aliphatic carbocycles. The van der Waals surface area contributed by atoms with Crippen LogP contribution in [-0.2, 0) is 0 Å². The van der Waals surface area contributed by atoms with E-state index in [2.05, 4.69) is 17.0 Å². The molecule has 5 nitrogen and oxygen atoms in total. The molecule has 0 atom stereocenters. The molecule has 1 aromatic carbocycles. The maximum absolute atomic E-state index is 12.6. The molecule has 2 aromatic rings. The fourth-order valence-electron chi connectivity index (χ4n) is 3.10. The molecular formula is C21H26N2O3S. The summed E-state index contributed by atoms with van der Waals surface area (Å²) in [5.41, 5.74) is 2.82. The standard InChI is InChI=1S/C21H26N2O3S/c1-16-21(11-7-2-3-8-12-24)27-15-23(16)14-19(25)20-13-18(22-26-20)17-9-5-4-6-10-17/h4-6,9-10,13,24H,2-3,7-8,11-12,14-15H2,1H3. The molecule has 0 saturated heterocycles. The number of unbranched alkanes of at least 4 members (excludes halogenated alkanes) is 3. The summed E-state index contributed by atoms with van der Waals surface area (Å²) in [6.45, 7) is 2.68. The number of carbonyl (C=O) groups is 1. The Kier molecular flexibility index (Phi) is 7.12. The average Bonchev–Trinajstić information content (AvgIpc) is 3.31. The molecule has 0 fully saturated rings. The van der Waals surface area contributed by atoms with Crippen LogP contribution in [0.3, 0.4) is 0 Å². The number of nitrogens with zero attached hydrogens (tertiary/aromatic N) is 2. The van der Waals surface area contributed by atoms with Gasteiger partial charge in [0.25, 0.3) is 0 Å². The maximum atomic E-state index is 12.6. The molecule has 0 radical (unpaired) electrons. The fourth-order valence-corrected chi connectivity index (χ4v) is 4.33. The van der Waals surface area contributed by atoms with Gasteiger partial charge < -0.3 is 14.5 Å². The Morgan fingerprint density at radius 1 is 1.22 bits per heavy atom. The first-order chi connectivity index (χ1) is 13.2. The lowest BCUT2D eigenvalue weighted by molar-refractivity contribution is 0.0922. The second-order valence-corrected chi connectivity index (χ2v) is 7.77. The minimum atomic E-state index is -0.0474. The van der Waals surface area contributed by atoms with Gasteiger partial charge in [-0.25, -0.2) is 0 Å². The van der Waals surface area contributed by atoms with E-state index in [0.29, 0.717) is 18.0 Å². The molecule has 2 heterocycles. The van der Waals surface area contributed by atoms with E-state index in [0.717, 1.165) is 43.5 Å². The number of Topliss-reactive ketones (excluding diaryl/α,β-unsaturated/α-hetero) is 1. The Morgan fingerprint density at radius 3 is 2.78 bits per heavy atom. The van der Waals surface area contributed by atoms with Crippen molar-refractivity contribution in [2.75, 3.05) is 19.0 Å². The van der Waals surface area contributed by atoms with Gasteiger partial charge in [-0.1, -0.05) is 48.3 Å². The molecule has 1 aliphatic heterocycles. The number of benzene rings is 1. The first-order valence-corrected chi connectivity index (χ1v) is 10.4. The molecule has 144 valence electrons. The quantitative estimate of drug-likeness (QED) is 0.471. The van der Waals surface area contributed by atoms with Gasteiger partial charge in [-0.05, 0) is 26.2 Å². The van der Waals surface area contributed by atoms with Crippen molar-refractivity contribution >= 4 is 17.5 Å². The minimum absolute atomic E-state index is 0.0474. The van der Waals surface area contributed by atoms with Crippen molar-refractivity contribution in [2.24, 2.45) is 0 Å². The van der Waals surface area contributed by atoms with Crippen molar-refractivity contribution in [3.05, 3.63) is 52.8 Å². The number of aliphatic hydroxyl groups is 1. The van der Waals surface area contributed by atoms with Crippen molar-refractivity contribution in [3.63, 3.8) is 0 Å². The highest BCUT2D eigenvalue weighted by Crippen LogP contribution is 2.35. The summed E-state index contributed by atoms with van der Waals surface area (Å²) in [6.07, 6.45) is 5.27. The van der Waals surface area contributed by atoms with Crippen LogP contribution in [0.15, 0.2) is 51.5 Å². The summed E-state index contributed by atoms with van der Waals surface area (Å²) >= 11 is 1.82. The molecule has 0 saturated carbocycles. The zero-order valence-corrected chi connectivity index (χ0v) is 16.5. The highest BCUT2D eigenvalue weighted by molar-refractivity contribution is 8.03. The molecule has 0 unspecified atom stereocenters. The number of hydrogen-bond acceptors (Lipinski definition) is 6. The normalized spacial score (nSPS) is 14.2. The number of hydrogen-bond donors (Lipinski definition) is 1. The van der Waals surface area contributed by atoms with E-state index in [-0.39, 0.29) is 12.4 Å². The third-order valence-electron chi connectivity index (χ3n) is 4.77. The lowest BCUT2D eigenvalue weighted by Gasteiger charge is -2.17. The molecule has 0 amide bonds. The van der Waals surface area contributed by atoms with Gasteiger partial charge in [0, 0.05) is 28.8 Å². The van der Waals surface area contributed by atoms with Crippen molar-refractivity contribution in [3.8, 4) is 11.3 Å². The second-order valence-electron chi connectivity index (χ2n) is 6.73. The first kappa shape index (κ1) is 19.7. The topological polar surface area (TPSA) is 66.6 Å². The number of carbonyl (C=O) groups excluding carboxylic acids is 1. The van der Waals surface area contributed by atoms with Gasteiger partial charge in [-0.3, -0.25) is 4.79 Å². The highest BCUT2D eigenvalue weighted by atomic mass is 32.2. The second kappa shape index (κ2) is 9.76. The minimum Gasteiger partial charge on any atom is -0.396 e. The van der Waals surface area contributed by atoms with E-state index >= 15 is 0 Å². The third kappa shape index (κ3) is 5.23. The number of aromatic nitrogens is 1. The number of aliphatic hydroxyl groups excluding tert-OH is 1. The lowest BCUT2D eigenvalue weighted by Crippen LogP contribution is -2.25. The molecule has 0 spiro atoms. The fraction of sp³-hybridized carbons (Fsp3) is 0.429. The number of allylic oxidation sites excluding steroid dienone is 2. The Morgan fingerprint density at radius 2 is 2.00 bits per heavy atom. The van der Waals surface area contributed by atoms with Gasteiger partial charge in [0.2, 0.25) is 11.5 Å². The largest absolute Gasteiger partial charge is 0.396 e. The van der Waals surface area contributed by atoms with Crippen LogP contribution in [0.1, 0.15) is 49.6 Å². The third-order valence-corrected chi connectivity index (χ3v) is 6.06. The SMILES string of the molecule is CC1=C(CCCCCCO)SCN1CC(=O)c1cc(-c2ccccc2)no1. The average molecular weight is 387 g/mol. The van der Waals surface area contributed by atoms with Crippen LogP contribution in [0, 0.1) is 0 Å². The van der Waals surface area contributed by atoms with Crippen molar-refractivity contribution in [1.29, 1.82) is 0 Å². The summed E-state index contributed by atoms with van der Waals surface area (Å²) < 4.78 is 5.29. The Hall–Kier alpha value is -2.05. The van der Waals surface area contributed by atoms with E-state index in [9.17, 15) is 4.79 Å². The molecule has 3 rings (SSSR count). The highest BCUT2D eigenvalue weighted by Gasteiger charge is 2.24. The molecule has 6 heteroatoms. The van der Waals surface area contributed by atoms with Crippen molar-refractivity contribution in [2.45, 2.75) is 39.0 Å². The lowest BCUT2D eigenvalue weighted by atomic mass is 10.1. The van der Waals surface area contributed by atoms with E-state index < -0.39 is 0 Å². The smallest absolute Gasteiger partial charge is 0.220 e. The van der Waals surface area contributed by atoms with Gasteiger partial charge >= 0.3 is 0 Å². The molecule has 0 bridgehead atoms. The number of ketones is 1. The number of thioether (sulfide) groups is 1. The van der Waals surface area contributed by atoms with Crippen molar-refractivity contribution in [1.82, 2.24) is 10.1 Å². The number of rotatable bonds is 10. The maximum Gasteiger partial charge on any atom is 0.220 e. The first-order valence-electron chi connectivity index (χ1n) is 9.42. The Bertz CT molecular complexity index is 786. The van der Waals surface area contributed by atoms with Gasteiger partial charge in [0.15, 0.2) is 0 Å². The van der Waals surface area contributed by atoms with Crippen LogP contribution in [0.5, 0.6) is 0 Å². The molecule has 1 N–H and O–H groups in total. The van der Waals surface area contributed by atoms with Crippen LogP contribution >= 0.6 is 11.8 Å². The van der Waals surface area contributed by atoms with Crippen LogP contribution in [0.25, 0.3) is 11.3 Å². The van der Waals surface area contributed by atoms with Crippen LogP contribution < -0.4 is 0 Å². The summed E-state index contributed by atoms with van der Waals surface area (Å²) in [6, 6.07) is 11.4. The van der Waals surface area contributed by atoms with E-state index in [4.69, 9.17) is 9.63 Å². The molecule has 27 heavy (non-hydrogen) atoms. The summed E-state index contributed by atoms with van der Waals surface area (Å²) in [7, 11) is 0. The van der Waals surface area contributed by atoms with Crippen LogP contribution in [-0.4, -0.2) is 40.0 Å². The zero-order valence-electron chi connectivity index (χ0n) is 15.7. The van der Waals surface area contributed by atoms with Crippen LogP contribution in [0.4, 0.5) is 0 Å².